The van der Waals surface area contributed by atoms with Crippen LogP contribution >= 0.6 is 0 Å². The molecule has 0 saturated carbocycles. The number of aromatic nitrogens is 2. The van der Waals surface area contributed by atoms with Gasteiger partial charge in [-0.3, -0.25) is 4.79 Å². The summed E-state index contributed by atoms with van der Waals surface area (Å²) in [6.07, 6.45) is 0.732. The van der Waals surface area contributed by atoms with Crippen LogP contribution in [0.1, 0.15) is 11.1 Å². The molecule has 0 bridgehead atoms. The Morgan fingerprint density at radius 2 is 1.64 bits per heavy atom. The summed E-state index contributed by atoms with van der Waals surface area (Å²) < 4.78 is 5.76. The van der Waals surface area contributed by atoms with Crippen LogP contribution in [-0.2, 0) is 11.2 Å². The Morgan fingerprint density at radius 1 is 0.893 bits per heavy atom. The highest BCUT2D eigenvalue weighted by Gasteiger charge is 2.09. The lowest BCUT2D eigenvalue weighted by Crippen LogP contribution is -2.20. The Kier molecular flexibility index (Phi) is 4.93. The van der Waals surface area contributed by atoms with Gasteiger partial charge < -0.3 is 20.0 Å². The first kappa shape index (κ1) is 17.6. The molecular formula is C22H19N3O3. The van der Waals surface area contributed by atoms with Gasteiger partial charge >= 0.3 is 5.69 Å². The number of benzene rings is 3. The van der Waals surface area contributed by atoms with Crippen LogP contribution in [0.5, 0.6) is 5.75 Å². The smallest absolute Gasteiger partial charge is 0.323 e. The molecule has 1 amide bonds. The van der Waals surface area contributed by atoms with Gasteiger partial charge in [0, 0.05) is 12.1 Å². The van der Waals surface area contributed by atoms with Crippen molar-refractivity contribution in [2.75, 3.05) is 11.9 Å². The zero-order chi connectivity index (χ0) is 19.3. The highest BCUT2D eigenvalue weighted by molar-refractivity contribution is 5.93. The molecule has 3 N–H and O–H groups in total. The first-order valence-electron chi connectivity index (χ1n) is 8.94. The third kappa shape index (κ3) is 4.12. The number of anilines is 1. The summed E-state index contributed by atoms with van der Waals surface area (Å²) in [4.78, 5) is 28.9. The first-order chi connectivity index (χ1) is 13.7. The van der Waals surface area contributed by atoms with Crippen molar-refractivity contribution in [3.8, 4) is 5.75 Å². The Hall–Kier alpha value is -3.80. The molecule has 0 radical (unpaired) electrons. The number of imidazole rings is 1. The van der Waals surface area contributed by atoms with E-state index in [-0.39, 0.29) is 18.2 Å². The molecule has 0 fully saturated rings. The summed E-state index contributed by atoms with van der Waals surface area (Å²) in [7, 11) is 0. The number of nitrogens with one attached hydrogen (secondary N) is 3. The van der Waals surface area contributed by atoms with Crippen molar-refractivity contribution in [2.45, 2.75) is 6.42 Å². The van der Waals surface area contributed by atoms with Crippen molar-refractivity contribution >= 4 is 22.6 Å². The van der Waals surface area contributed by atoms with Crippen LogP contribution in [-0.4, -0.2) is 22.5 Å². The molecule has 0 aliphatic rings. The molecule has 1 heterocycles. The SMILES string of the molecule is O=C(COc1ccccc1Cc1ccccc1)Nc1ccc2[nH]c(=O)[nH]c2c1. The summed E-state index contributed by atoms with van der Waals surface area (Å²) in [5.41, 5.74) is 3.83. The number of para-hydroxylation sites is 1. The third-order valence-electron chi connectivity index (χ3n) is 4.37. The second-order valence-corrected chi connectivity index (χ2v) is 6.45. The number of H-pyrrole nitrogens is 2. The largest absolute Gasteiger partial charge is 0.483 e. The fourth-order valence-corrected chi connectivity index (χ4v) is 3.06. The number of hydrogen-bond donors (Lipinski definition) is 3. The second-order valence-electron chi connectivity index (χ2n) is 6.45. The lowest BCUT2D eigenvalue weighted by atomic mass is 10.0. The summed E-state index contributed by atoms with van der Waals surface area (Å²) in [5.74, 6) is 0.415. The van der Waals surface area contributed by atoms with Crippen LogP contribution in [0.25, 0.3) is 11.0 Å². The van der Waals surface area contributed by atoms with E-state index in [0.717, 1.165) is 12.0 Å². The fraction of sp³-hybridized carbons (Fsp3) is 0.0909. The highest BCUT2D eigenvalue weighted by atomic mass is 16.5. The molecule has 0 unspecified atom stereocenters. The minimum atomic E-state index is -0.281. The molecule has 3 aromatic carbocycles. The van der Waals surface area contributed by atoms with Gasteiger partial charge in [-0.05, 0) is 35.4 Å². The van der Waals surface area contributed by atoms with E-state index in [1.54, 1.807) is 18.2 Å². The number of carbonyl (C=O) groups is 1. The van der Waals surface area contributed by atoms with E-state index >= 15 is 0 Å². The molecule has 140 valence electrons. The van der Waals surface area contributed by atoms with Gasteiger partial charge in [0.05, 0.1) is 11.0 Å². The molecule has 0 aliphatic carbocycles. The van der Waals surface area contributed by atoms with Gasteiger partial charge in [0.1, 0.15) is 5.75 Å². The van der Waals surface area contributed by atoms with Crippen LogP contribution in [0.15, 0.2) is 77.6 Å². The van der Waals surface area contributed by atoms with E-state index in [1.165, 1.54) is 5.56 Å². The van der Waals surface area contributed by atoms with Gasteiger partial charge in [0.2, 0.25) is 0 Å². The van der Waals surface area contributed by atoms with E-state index < -0.39 is 0 Å². The van der Waals surface area contributed by atoms with Gasteiger partial charge in [-0.15, -0.1) is 0 Å². The number of ether oxygens (including phenoxy) is 1. The number of amides is 1. The Balaban J connectivity index is 1.41. The summed E-state index contributed by atoms with van der Waals surface area (Å²) in [6, 6.07) is 23.0. The van der Waals surface area contributed by atoms with Crippen LogP contribution in [0.2, 0.25) is 0 Å². The normalized spacial score (nSPS) is 10.7. The van der Waals surface area contributed by atoms with E-state index in [1.807, 2.05) is 42.5 Å². The van der Waals surface area contributed by atoms with Crippen molar-refractivity contribution in [2.24, 2.45) is 0 Å². The quantitative estimate of drug-likeness (QED) is 0.484. The molecule has 28 heavy (non-hydrogen) atoms. The van der Waals surface area contributed by atoms with Gasteiger partial charge in [0.25, 0.3) is 5.91 Å². The number of aromatic amines is 2. The Bertz CT molecular complexity index is 1160. The number of rotatable bonds is 6. The van der Waals surface area contributed by atoms with Crippen molar-refractivity contribution in [3.05, 3.63) is 94.4 Å². The Labute approximate surface area is 161 Å². The maximum Gasteiger partial charge on any atom is 0.323 e. The molecule has 4 rings (SSSR count). The zero-order valence-electron chi connectivity index (χ0n) is 15.1. The van der Waals surface area contributed by atoms with Crippen molar-refractivity contribution in [1.29, 1.82) is 0 Å². The summed E-state index contributed by atoms with van der Waals surface area (Å²) in [5, 5.41) is 2.78. The summed E-state index contributed by atoms with van der Waals surface area (Å²) >= 11 is 0. The monoisotopic (exact) mass is 373 g/mol. The minimum Gasteiger partial charge on any atom is -0.483 e. The molecule has 0 aliphatic heterocycles. The van der Waals surface area contributed by atoms with E-state index in [0.29, 0.717) is 22.5 Å². The molecule has 6 heteroatoms. The average molecular weight is 373 g/mol. The highest BCUT2D eigenvalue weighted by Crippen LogP contribution is 2.21. The predicted octanol–water partition coefficient (Wildman–Crippen LogP) is 3.46. The topological polar surface area (TPSA) is 87.0 Å². The maximum absolute atomic E-state index is 12.3. The number of fused-ring (bicyclic) bond motifs is 1. The molecule has 4 aromatic rings. The zero-order valence-corrected chi connectivity index (χ0v) is 15.1. The maximum atomic E-state index is 12.3. The molecule has 0 atom stereocenters. The molecule has 6 nitrogen and oxygen atoms in total. The van der Waals surface area contributed by atoms with E-state index in [9.17, 15) is 9.59 Å². The van der Waals surface area contributed by atoms with Gasteiger partial charge in [-0.25, -0.2) is 4.79 Å². The van der Waals surface area contributed by atoms with E-state index in [4.69, 9.17) is 4.74 Å². The summed E-state index contributed by atoms with van der Waals surface area (Å²) in [6.45, 7) is -0.104. The van der Waals surface area contributed by atoms with Crippen LogP contribution in [0.3, 0.4) is 0 Å². The second kappa shape index (κ2) is 7.84. The van der Waals surface area contributed by atoms with Gasteiger partial charge in [-0.1, -0.05) is 48.5 Å². The van der Waals surface area contributed by atoms with Crippen LogP contribution in [0.4, 0.5) is 5.69 Å². The predicted molar refractivity (Wildman–Crippen MR) is 109 cm³/mol. The number of hydrogen-bond acceptors (Lipinski definition) is 3. The standard InChI is InChI=1S/C22H19N3O3/c26-21(23-17-10-11-18-19(13-17)25-22(27)24-18)14-28-20-9-5-4-8-16(20)12-15-6-2-1-3-7-15/h1-11,13H,12,14H2,(H,23,26)(H2,24,25,27). The number of carbonyl (C=O) groups excluding carboxylic acids is 1. The lowest BCUT2D eigenvalue weighted by molar-refractivity contribution is -0.118. The van der Waals surface area contributed by atoms with E-state index in [2.05, 4.69) is 27.4 Å². The van der Waals surface area contributed by atoms with Crippen molar-refractivity contribution in [3.63, 3.8) is 0 Å². The Morgan fingerprint density at radius 3 is 2.50 bits per heavy atom. The average Bonchev–Trinajstić information content (AvgIpc) is 3.07. The van der Waals surface area contributed by atoms with Crippen molar-refractivity contribution < 1.29 is 9.53 Å². The van der Waals surface area contributed by atoms with Crippen LogP contribution in [0, 0.1) is 0 Å². The van der Waals surface area contributed by atoms with Gasteiger partial charge in [0.15, 0.2) is 6.61 Å². The first-order valence-corrected chi connectivity index (χ1v) is 8.94. The minimum absolute atomic E-state index is 0.104. The van der Waals surface area contributed by atoms with Crippen molar-refractivity contribution in [1.82, 2.24) is 9.97 Å². The molecule has 1 aromatic heterocycles. The van der Waals surface area contributed by atoms with Gasteiger partial charge in [-0.2, -0.15) is 0 Å². The third-order valence-corrected chi connectivity index (χ3v) is 4.37. The molecular weight excluding hydrogens is 354 g/mol. The lowest BCUT2D eigenvalue weighted by Gasteiger charge is -2.12. The van der Waals surface area contributed by atoms with Crippen LogP contribution < -0.4 is 15.7 Å². The molecule has 0 spiro atoms. The fourth-order valence-electron chi connectivity index (χ4n) is 3.06. The molecule has 0 saturated heterocycles.